The maximum atomic E-state index is 11.8. The zero-order valence-electron chi connectivity index (χ0n) is 6.45. The highest BCUT2D eigenvalue weighted by molar-refractivity contribution is 5.99. The molecule has 0 saturated carbocycles. The molecule has 1 aromatic heterocycles. The van der Waals surface area contributed by atoms with Crippen LogP contribution in [0.5, 0.6) is 0 Å². The summed E-state index contributed by atoms with van der Waals surface area (Å²) in [5.41, 5.74) is -1.69. The van der Waals surface area contributed by atoms with Crippen molar-refractivity contribution < 1.29 is 18.0 Å². The first-order chi connectivity index (χ1) is 5.82. The van der Waals surface area contributed by atoms with E-state index in [9.17, 15) is 22.8 Å². The normalized spacial score (nSPS) is 11.7. The Morgan fingerprint density at radius 2 is 1.85 bits per heavy atom. The Morgan fingerprint density at radius 3 is 2.15 bits per heavy atom. The van der Waals surface area contributed by atoms with Crippen molar-refractivity contribution in [2.45, 2.75) is 13.1 Å². The monoisotopic (exact) mass is 194 g/mol. The Kier molecular flexibility index (Phi) is 2.02. The molecule has 0 aliphatic rings. The second-order valence-electron chi connectivity index (χ2n) is 2.41. The fourth-order valence-corrected chi connectivity index (χ4v) is 0.840. The van der Waals surface area contributed by atoms with Crippen LogP contribution in [-0.2, 0) is 0 Å². The average molecular weight is 194 g/mol. The summed E-state index contributed by atoms with van der Waals surface area (Å²) in [6.07, 6.45) is -4.96. The molecule has 0 radical (unpaired) electrons. The topological polar surface area (TPSA) is 65.7 Å². The molecule has 4 nitrogen and oxygen atoms in total. The molecular weight excluding hydrogens is 189 g/mol. The maximum Gasteiger partial charge on any atom is 0.456 e. The molecule has 0 aliphatic carbocycles. The first kappa shape index (κ1) is 9.56. The minimum Gasteiger partial charge on any atom is -0.310 e. The first-order valence-electron chi connectivity index (χ1n) is 3.23. The Hall–Kier alpha value is -1.53. The lowest BCUT2D eigenvalue weighted by Gasteiger charge is -2.02. The number of alkyl halides is 3. The van der Waals surface area contributed by atoms with E-state index in [-0.39, 0.29) is 5.69 Å². The van der Waals surface area contributed by atoms with Crippen molar-refractivity contribution in [1.29, 1.82) is 0 Å². The third kappa shape index (κ3) is 1.79. The largest absolute Gasteiger partial charge is 0.456 e. The summed E-state index contributed by atoms with van der Waals surface area (Å²) in [4.78, 5) is 24.9. The summed E-state index contributed by atoms with van der Waals surface area (Å²) in [7, 11) is 0. The van der Waals surface area contributed by atoms with Crippen LogP contribution >= 0.6 is 0 Å². The van der Waals surface area contributed by atoms with E-state index in [1.807, 2.05) is 4.98 Å². The van der Waals surface area contributed by atoms with Crippen LogP contribution in [0.2, 0.25) is 0 Å². The number of H-pyrrole nitrogens is 2. The molecule has 0 saturated heterocycles. The van der Waals surface area contributed by atoms with Crippen molar-refractivity contribution in [3.8, 4) is 0 Å². The quantitative estimate of drug-likeness (QED) is 0.648. The molecule has 1 heterocycles. The number of aromatic nitrogens is 2. The number of aryl methyl sites for hydroxylation is 1. The Labute approximate surface area is 69.8 Å². The van der Waals surface area contributed by atoms with Gasteiger partial charge in [0.2, 0.25) is 0 Å². The van der Waals surface area contributed by atoms with Gasteiger partial charge in [-0.3, -0.25) is 4.79 Å². The molecule has 72 valence electrons. The predicted molar refractivity (Wildman–Crippen MR) is 36.5 cm³/mol. The van der Waals surface area contributed by atoms with Gasteiger partial charge in [0, 0.05) is 5.69 Å². The van der Waals surface area contributed by atoms with Crippen molar-refractivity contribution in [3.63, 3.8) is 0 Å². The van der Waals surface area contributed by atoms with Gasteiger partial charge in [-0.05, 0) is 6.92 Å². The van der Waals surface area contributed by atoms with Gasteiger partial charge in [0.25, 0.3) is 5.78 Å². The smallest absolute Gasteiger partial charge is 0.310 e. The number of rotatable bonds is 1. The molecule has 13 heavy (non-hydrogen) atoms. The van der Waals surface area contributed by atoms with Crippen LogP contribution in [0.1, 0.15) is 16.2 Å². The zero-order valence-corrected chi connectivity index (χ0v) is 6.45. The molecule has 1 rings (SSSR count). The summed E-state index contributed by atoms with van der Waals surface area (Å²) in [6.45, 7) is 1.21. The van der Waals surface area contributed by atoms with Crippen molar-refractivity contribution in [1.82, 2.24) is 9.97 Å². The van der Waals surface area contributed by atoms with Crippen molar-refractivity contribution in [2.24, 2.45) is 0 Å². The van der Waals surface area contributed by atoms with E-state index in [1.54, 1.807) is 4.98 Å². The minimum absolute atomic E-state index is 0.118. The number of carbonyl (C=O) groups is 1. The van der Waals surface area contributed by atoms with Crippen LogP contribution in [0.25, 0.3) is 0 Å². The molecule has 0 unspecified atom stereocenters. The van der Waals surface area contributed by atoms with E-state index in [1.165, 1.54) is 6.92 Å². The van der Waals surface area contributed by atoms with E-state index >= 15 is 0 Å². The third-order valence-corrected chi connectivity index (χ3v) is 1.40. The minimum atomic E-state index is -4.96. The molecule has 0 aliphatic heterocycles. The number of Topliss-reactive ketones (excluding diaryl/α,β-unsaturated/α-hetero) is 1. The summed E-state index contributed by atoms with van der Waals surface area (Å²) < 4.78 is 35.5. The van der Waals surface area contributed by atoms with Gasteiger partial charge < -0.3 is 9.97 Å². The highest BCUT2D eigenvalue weighted by Gasteiger charge is 2.41. The van der Waals surface area contributed by atoms with Crippen LogP contribution in [0.4, 0.5) is 13.2 Å². The van der Waals surface area contributed by atoms with E-state index in [4.69, 9.17) is 0 Å². The third-order valence-electron chi connectivity index (χ3n) is 1.40. The van der Waals surface area contributed by atoms with E-state index in [0.29, 0.717) is 0 Å². The molecule has 0 bridgehead atoms. The van der Waals surface area contributed by atoms with Gasteiger partial charge in [-0.2, -0.15) is 13.2 Å². The molecule has 0 atom stereocenters. The lowest BCUT2D eigenvalue weighted by molar-refractivity contribution is -0.0888. The van der Waals surface area contributed by atoms with Gasteiger partial charge in [-0.1, -0.05) is 0 Å². The number of hydrogen-bond donors (Lipinski definition) is 2. The fraction of sp³-hybridized carbons (Fsp3) is 0.333. The van der Waals surface area contributed by atoms with Gasteiger partial charge in [0.1, 0.15) is 5.69 Å². The van der Waals surface area contributed by atoms with Gasteiger partial charge >= 0.3 is 11.9 Å². The molecular formula is C6H5F3N2O2. The lowest BCUT2D eigenvalue weighted by Crippen LogP contribution is -2.24. The lowest BCUT2D eigenvalue weighted by atomic mass is 10.2. The van der Waals surface area contributed by atoms with Crippen LogP contribution in [0.3, 0.4) is 0 Å². The van der Waals surface area contributed by atoms with Crippen LogP contribution < -0.4 is 5.69 Å². The van der Waals surface area contributed by atoms with Crippen molar-refractivity contribution in [3.05, 3.63) is 21.9 Å². The highest BCUT2D eigenvalue weighted by atomic mass is 19.4. The van der Waals surface area contributed by atoms with Crippen LogP contribution in [0.15, 0.2) is 4.79 Å². The molecule has 0 fully saturated rings. The Morgan fingerprint density at radius 1 is 1.31 bits per heavy atom. The average Bonchev–Trinajstić information content (AvgIpc) is 2.26. The molecule has 0 amide bonds. The van der Waals surface area contributed by atoms with E-state index in [0.717, 1.165) is 0 Å². The second-order valence-corrected chi connectivity index (χ2v) is 2.41. The molecule has 7 heteroatoms. The van der Waals surface area contributed by atoms with Gasteiger partial charge in [0.05, 0.1) is 0 Å². The van der Waals surface area contributed by atoms with Gasteiger partial charge in [-0.25, -0.2) is 4.79 Å². The number of aromatic amines is 2. The molecule has 0 aromatic carbocycles. The molecule has 0 spiro atoms. The maximum absolute atomic E-state index is 11.8. The number of hydrogen-bond acceptors (Lipinski definition) is 2. The number of carbonyl (C=O) groups excluding carboxylic acids is 1. The SMILES string of the molecule is Cc1[nH]c(=O)[nH]c1C(=O)C(F)(F)F. The van der Waals surface area contributed by atoms with E-state index in [2.05, 4.69) is 0 Å². The van der Waals surface area contributed by atoms with E-state index < -0.39 is 23.3 Å². The summed E-state index contributed by atoms with van der Waals surface area (Å²) in [5, 5.41) is 0. The standard InChI is InChI=1S/C6H5F3N2O2/c1-2-3(11-5(13)10-2)4(12)6(7,8)9/h1H3,(H2,10,11,13). The Balaban J connectivity index is 3.17. The number of ketones is 1. The Bertz CT molecular complexity index is 387. The van der Waals surface area contributed by atoms with Crippen molar-refractivity contribution >= 4 is 5.78 Å². The predicted octanol–water partition coefficient (Wildman–Crippen LogP) is 0.756. The fourth-order valence-electron chi connectivity index (χ4n) is 0.840. The summed E-state index contributed by atoms with van der Waals surface area (Å²) in [5.74, 6) is -2.05. The number of imidazole rings is 1. The zero-order chi connectivity index (χ0) is 10.2. The van der Waals surface area contributed by atoms with Gasteiger partial charge in [0.15, 0.2) is 0 Å². The van der Waals surface area contributed by atoms with Crippen LogP contribution in [0, 0.1) is 6.92 Å². The number of nitrogens with one attached hydrogen (secondary N) is 2. The summed E-state index contributed by atoms with van der Waals surface area (Å²) in [6, 6.07) is 0. The first-order valence-corrected chi connectivity index (χ1v) is 3.23. The van der Waals surface area contributed by atoms with Crippen molar-refractivity contribution in [2.75, 3.05) is 0 Å². The summed E-state index contributed by atoms with van der Waals surface area (Å²) >= 11 is 0. The molecule has 1 aromatic rings. The second kappa shape index (κ2) is 2.75. The highest BCUT2D eigenvalue weighted by Crippen LogP contribution is 2.20. The van der Waals surface area contributed by atoms with Crippen LogP contribution in [-0.4, -0.2) is 21.9 Å². The number of halogens is 3. The van der Waals surface area contributed by atoms with Gasteiger partial charge in [-0.15, -0.1) is 0 Å². The molecule has 2 N–H and O–H groups in total.